The fourth-order valence-electron chi connectivity index (χ4n) is 3.27. The molecule has 0 aliphatic rings. The monoisotopic (exact) mass is 470 g/mol. The summed E-state index contributed by atoms with van der Waals surface area (Å²) >= 11 is 11.4. The zero-order chi connectivity index (χ0) is 21.8. The lowest BCUT2D eigenvalue weighted by Gasteiger charge is -2.19. The molecule has 0 fully saturated rings. The molecule has 9 heteroatoms. The minimum atomic E-state index is -3.84. The maximum atomic E-state index is 13.1. The first-order valence-corrected chi connectivity index (χ1v) is 11.8. The molecular weight excluding hydrogens is 452 g/mol. The molecule has 0 amide bonds. The number of benzene rings is 3. The van der Waals surface area contributed by atoms with Gasteiger partial charge in [0.25, 0.3) is 0 Å². The number of nitrogens with one attached hydrogen (secondary N) is 2. The number of H-pyrrole nitrogens is 1. The highest BCUT2D eigenvalue weighted by atomic mass is 35.5. The molecule has 1 aromatic heterocycles. The molecule has 6 nitrogen and oxygen atoms in total. The van der Waals surface area contributed by atoms with Crippen molar-refractivity contribution in [3.05, 3.63) is 106 Å². The molecule has 0 bridgehead atoms. The maximum absolute atomic E-state index is 13.1. The molecular formula is C22H19ClN4O2S2. The number of hydrogen-bond donors (Lipinski definition) is 2. The number of rotatable bonds is 7. The smallest absolute Gasteiger partial charge is 0.241 e. The van der Waals surface area contributed by atoms with E-state index < -0.39 is 16.1 Å². The van der Waals surface area contributed by atoms with Crippen LogP contribution in [-0.2, 0) is 16.4 Å². The Morgan fingerprint density at radius 3 is 2.23 bits per heavy atom. The highest BCUT2D eigenvalue weighted by molar-refractivity contribution is 7.89. The van der Waals surface area contributed by atoms with Gasteiger partial charge in [-0.1, -0.05) is 60.1 Å². The van der Waals surface area contributed by atoms with Gasteiger partial charge in [0.1, 0.15) is 0 Å². The van der Waals surface area contributed by atoms with Gasteiger partial charge in [-0.15, -0.1) is 0 Å². The zero-order valence-electron chi connectivity index (χ0n) is 16.3. The van der Waals surface area contributed by atoms with E-state index in [0.29, 0.717) is 22.0 Å². The van der Waals surface area contributed by atoms with Crippen molar-refractivity contribution in [3.63, 3.8) is 0 Å². The van der Waals surface area contributed by atoms with E-state index in [2.05, 4.69) is 14.9 Å². The summed E-state index contributed by atoms with van der Waals surface area (Å²) in [7, 11) is -3.84. The van der Waals surface area contributed by atoms with E-state index in [4.69, 9.17) is 23.8 Å². The fourth-order valence-corrected chi connectivity index (χ4v) is 4.84. The van der Waals surface area contributed by atoms with E-state index in [-0.39, 0.29) is 4.90 Å². The van der Waals surface area contributed by atoms with Gasteiger partial charge in [-0.3, -0.25) is 9.67 Å². The van der Waals surface area contributed by atoms with E-state index in [0.717, 1.165) is 11.3 Å². The summed E-state index contributed by atoms with van der Waals surface area (Å²) in [6.45, 7) is 0. The average Bonchev–Trinajstić information content (AvgIpc) is 3.16. The number of sulfonamides is 1. The maximum Gasteiger partial charge on any atom is 0.241 e. The van der Waals surface area contributed by atoms with Crippen molar-refractivity contribution in [2.75, 3.05) is 0 Å². The Bertz CT molecular complexity index is 1320. The van der Waals surface area contributed by atoms with Crippen molar-refractivity contribution in [3.8, 4) is 5.69 Å². The lowest BCUT2D eigenvalue weighted by atomic mass is 10.1. The minimum Gasteiger partial charge on any atom is -0.271 e. The number of hydrogen-bond acceptors (Lipinski definition) is 4. The third-order valence-corrected chi connectivity index (χ3v) is 6.74. The molecule has 0 aliphatic carbocycles. The normalized spacial score (nSPS) is 12.5. The second-order valence-electron chi connectivity index (χ2n) is 6.88. The largest absolute Gasteiger partial charge is 0.271 e. The quantitative estimate of drug-likeness (QED) is 0.378. The standard InChI is InChI=1S/C22H19ClN4O2S2/c23-17-11-13-19(14-12-17)31(28,29)26-20(15-16-7-3-1-4-8-16)21-24-25-22(30)27(21)18-9-5-2-6-10-18/h1-14,20,26H,15H2,(H,25,30)/t20-/m1/s1. The van der Waals surface area contributed by atoms with Gasteiger partial charge in [0.15, 0.2) is 10.6 Å². The minimum absolute atomic E-state index is 0.121. The molecule has 2 N–H and O–H groups in total. The molecule has 158 valence electrons. The molecule has 1 heterocycles. The summed E-state index contributed by atoms with van der Waals surface area (Å²) in [5, 5.41) is 7.64. The zero-order valence-corrected chi connectivity index (χ0v) is 18.7. The van der Waals surface area contributed by atoms with Crippen LogP contribution in [0.15, 0.2) is 89.8 Å². The van der Waals surface area contributed by atoms with Crippen molar-refractivity contribution < 1.29 is 8.42 Å². The number of para-hydroxylation sites is 1. The van der Waals surface area contributed by atoms with Gasteiger partial charge in [-0.25, -0.2) is 13.1 Å². The molecule has 0 aliphatic heterocycles. The van der Waals surface area contributed by atoms with E-state index >= 15 is 0 Å². The molecule has 4 aromatic rings. The molecule has 4 rings (SSSR count). The highest BCUT2D eigenvalue weighted by Gasteiger charge is 2.26. The first kappa shape index (κ1) is 21.5. The van der Waals surface area contributed by atoms with Crippen LogP contribution in [0.4, 0.5) is 0 Å². The Balaban J connectivity index is 1.78. The van der Waals surface area contributed by atoms with Gasteiger partial charge < -0.3 is 0 Å². The molecule has 0 saturated carbocycles. The lowest BCUT2D eigenvalue weighted by Crippen LogP contribution is -2.32. The van der Waals surface area contributed by atoms with Crippen LogP contribution in [0.1, 0.15) is 17.4 Å². The predicted molar refractivity (Wildman–Crippen MR) is 123 cm³/mol. The van der Waals surface area contributed by atoms with Crippen LogP contribution in [0.3, 0.4) is 0 Å². The third kappa shape index (κ3) is 4.94. The van der Waals surface area contributed by atoms with Crippen molar-refractivity contribution >= 4 is 33.8 Å². The Hall–Kier alpha value is -2.78. The van der Waals surface area contributed by atoms with Gasteiger partial charge in [-0.2, -0.15) is 5.10 Å². The Morgan fingerprint density at radius 1 is 0.968 bits per heavy atom. The number of nitrogens with zero attached hydrogens (tertiary/aromatic N) is 2. The molecule has 3 aromatic carbocycles. The highest BCUT2D eigenvalue weighted by Crippen LogP contribution is 2.24. The van der Waals surface area contributed by atoms with Crippen LogP contribution >= 0.6 is 23.8 Å². The summed E-state index contributed by atoms with van der Waals surface area (Å²) in [5.41, 5.74) is 1.75. The molecule has 0 saturated heterocycles. The van der Waals surface area contributed by atoms with Crippen LogP contribution < -0.4 is 4.72 Å². The van der Waals surface area contributed by atoms with Gasteiger partial charge in [-0.05, 0) is 60.6 Å². The van der Waals surface area contributed by atoms with Crippen LogP contribution in [0.2, 0.25) is 5.02 Å². The van der Waals surface area contributed by atoms with Crippen LogP contribution in [0, 0.1) is 4.77 Å². The fraction of sp³-hybridized carbons (Fsp3) is 0.0909. The number of aromatic amines is 1. The van der Waals surface area contributed by atoms with Crippen molar-refractivity contribution in [2.45, 2.75) is 17.4 Å². The first-order valence-electron chi connectivity index (χ1n) is 9.48. The lowest BCUT2D eigenvalue weighted by molar-refractivity contribution is 0.538. The van der Waals surface area contributed by atoms with E-state index in [1.165, 1.54) is 12.1 Å². The van der Waals surface area contributed by atoms with Crippen molar-refractivity contribution in [2.24, 2.45) is 0 Å². The summed E-state index contributed by atoms with van der Waals surface area (Å²) in [4.78, 5) is 0.121. The number of aromatic nitrogens is 3. The molecule has 0 radical (unpaired) electrons. The SMILES string of the molecule is O=S(=O)(N[C@H](Cc1ccccc1)c1n[nH]c(=S)n1-c1ccccc1)c1ccc(Cl)cc1. The van der Waals surface area contributed by atoms with Gasteiger partial charge >= 0.3 is 0 Å². The van der Waals surface area contributed by atoms with Crippen LogP contribution in [-0.4, -0.2) is 23.2 Å². The summed E-state index contributed by atoms with van der Waals surface area (Å²) in [6.07, 6.45) is 0.389. The van der Waals surface area contributed by atoms with Crippen molar-refractivity contribution in [1.82, 2.24) is 19.5 Å². The molecule has 0 spiro atoms. The summed E-state index contributed by atoms with van der Waals surface area (Å²) < 4.78 is 31.2. The molecule has 1 atom stereocenters. The second kappa shape index (κ2) is 9.15. The second-order valence-corrected chi connectivity index (χ2v) is 9.41. The number of halogens is 1. The summed E-state index contributed by atoms with van der Waals surface area (Å²) in [5.74, 6) is 0.470. The Labute approximate surface area is 190 Å². The van der Waals surface area contributed by atoms with E-state index in [9.17, 15) is 8.42 Å². The average molecular weight is 471 g/mol. The summed E-state index contributed by atoms with van der Waals surface area (Å²) in [6, 6.07) is 24.4. The molecule has 0 unspecified atom stereocenters. The topological polar surface area (TPSA) is 79.8 Å². The van der Waals surface area contributed by atoms with Gasteiger partial charge in [0.2, 0.25) is 10.0 Å². The molecule has 31 heavy (non-hydrogen) atoms. The predicted octanol–water partition coefficient (Wildman–Crippen LogP) is 4.85. The van der Waals surface area contributed by atoms with E-state index in [1.807, 2.05) is 60.7 Å². The Morgan fingerprint density at radius 2 is 1.58 bits per heavy atom. The first-order chi connectivity index (χ1) is 14.9. The van der Waals surface area contributed by atoms with E-state index in [1.54, 1.807) is 16.7 Å². The van der Waals surface area contributed by atoms with Crippen LogP contribution in [0.5, 0.6) is 0 Å². The van der Waals surface area contributed by atoms with Gasteiger partial charge in [0.05, 0.1) is 10.9 Å². The Kier molecular flexibility index (Phi) is 6.33. The third-order valence-electron chi connectivity index (χ3n) is 4.73. The van der Waals surface area contributed by atoms with Gasteiger partial charge in [0, 0.05) is 10.7 Å². The van der Waals surface area contributed by atoms with Crippen molar-refractivity contribution in [1.29, 1.82) is 0 Å². The van der Waals surface area contributed by atoms with Crippen LogP contribution in [0.25, 0.3) is 5.69 Å².